The van der Waals surface area contributed by atoms with Crippen LogP contribution in [0.15, 0.2) is 0 Å². The highest BCUT2D eigenvalue weighted by Crippen LogP contribution is 2.33. The van der Waals surface area contributed by atoms with Crippen molar-refractivity contribution in [1.29, 1.82) is 0 Å². The Morgan fingerprint density at radius 2 is 2.36 bits per heavy atom. The molecule has 1 fully saturated rings. The molecule has 2 N–H and O–H groups in total. The summed E-state index contributed by atoms with van der Waals surface area (Å²) in [7, 11) is 0. The lowest BCUT2D eigenvalue weighted by Crippen LogP contribution is -2.32. The molecule has 11 heavy (non-hydrogen) atoms. The van der Waals surface area contributed by atoms with E-state index < -0.39 is 5.97 Å². The number of hydrogen-bond acceptors (Lipinski definition) is 2. The topological polar surface area (TPSA) is 49.3 Å². The summed E-state index contributed by atoms with van der Waals surface area (Å²) in [5, 5.41) is 11.7. The van der Waals surface area contributed by atoms with Crippen molar-refractivity contribution in [3.63, 3.8) is 0 Å². The second kappa shape index (κ2) is 3.72. The summed E-state index contributed by atoms with van der Waals surface area (Å²) in [4.78, 5) is 10.4. The van der Waals surface area contributed by atoms with E-state index in [1.54, 1.807) is 0 Å². The number of nitrogens with one attached hydrogen (secondary N) is 1. The fourth-order valence-corrected chi connectivity index (χ4v) is 1.35. The fraction of sp³-hybridized carbons (Fsp3) is 0.875. The van der Waals surface area contributed by atoms with Crippen molar-refractivity contribution in [3.8, 4) is 0 Å². The van der Waals surface area contributed by atoms with Gasteiger partial charge in [-0.3, -0.25) is 4.79 Å². The second-order valence-corrected chi connectivity index (χ2v) is 3.10. The van der Waals surface area contributed by atoms with Crippen LogP contribution in [0.25, 0.3) is 0 Å². The van der Waals surface area contributed by atoms with Gasteiger partial charge in [0.25, 0.3) is 0 Å². The average Bonchev–Trinajstić information content (AvgIpc) is 2.66. The maximum atomic E-state index is 10.4. The Morgan fingerprint density at radius 3 is 2.73 bits per heavy atom. The first-order valence-corrected chi connectivity index (χ1v) is 4.19. The average molecular weight is 157 g/mol. The standard InChI is InChI=1S/C8H15NO2/c1-2-9-7(5-8(10)11)6-3-4-6/h6-7,9H,2-5H2,1H3,(H,10,11). The first-order valence-electron chi connectivity index (χ1n) is 4.19. The largest absolute Gasteiger partial charge is 0.481 e. The van der Waals surface area contributed by atoms with Gasteiger partial charge in [0.1, 0.15) is 0 Å². The third-order valence-electron chi connectivity index (χ3n) is 2.05. The van der Waals surface area contributed by atoms with Crippen LogP contribution in [0.2, 0.25) is 0 Å². The molecule has 0 heterocycles. The van der Waals surface area contributed by atoms with Gasteiger partial charge in [-0.2, -0.15) is 0 Å². The molecule has 0 aromatic rings. The molecule has 0 radical (unpaired) electrons. The molecule has 3 heteroatoms. The molecule has 0 bridgehead atoms. The fourth-order valence-electron chi connectivity index (χ4n) is 1.35. The lowest BCUT2D eigenvalue weighted by Gasteiger charge is -2.13. The number of aliphatic carboxylic acids is 1. The lowest BCUT2D eigenvalue weighted by molar-refractivity contribution is -0.137. The Morgan fingerprint density at radius 1 is 1.73 bits per heavy atom. The Kier molecular flexibility index (Phi) is 2.88. The van der Waals surface area contributed by atoms with E-state index in [4.69, 9.17) is 5.11 Å². The van der Waals surface area contributed by atoms with Crippen LogP contribution in [0.1, 0.15) is 26.2 Å². The van der Waals surface area contributed by atoms with Crippen molar-refractivity contribution in [1.82, 2.24) is 5.32 Å². The monoisotopic (exact) mass is 157 g/mol. The van der Waals surface area contributed by atoms with Crippen LogP contribution >= 0.6 is 0 Å². The SMILES string of the molecule is CCNC(CC(=O)O)C1CC1. The van der Waals surface area contributed by atoms with Gasteiger partial charge < -0.3 is 10.4 Å². The summed E-state index contributed by atoms with van der Waals surface area (Å²) >= 11 is 0. The molecule has 1 aliphatic rings. The van der Waals surface area contributed by atoms with Crippen LogP contribution < -0.4 is 5.32 Å². The molecule has 1 atom stereocenters. The lowest BCUT2D eigenvalue weighted by atomic mass is 10.1. The molecule has 3 nitrogen and oxygen atoms in total. The van der Waals surface area contributed by atoms with E-state index in [1.807, 2.05) is 6.92 Å². The van der Waals surface area contributed by atoms with Crippen molar-refractivity contribution in [2.24, 2.45) is 5.92 Å². The summed E-state index contributed by atoms with van der Waals surface area (Å²) in [5.74, 6) is -0.0612. The van der Waals surface area contributed by atoms with E-state index in [2.05, 4.69) is 5.32 Å². The Bertz CT molecular complexity index is 143. The molecule has 0 amide bonds. The smallest absolute Gasteiger partial charge is 0.304 e. The third kappa shape index (κ3) is 2.89. The maximum absolute atomic E-state index is 10.4. The van der Waals surface area contributed by atoms with E-state index in [1.165, 1.54) is 12.8 Å². The second-order valence-electron chi connectivity index (χ2n) is 3.10. The van der Waals surface area contributed by atoms with Crippen LogP contribution in [0.5, 0.6) is 0 Å². The molecule has 0 saturated heterocycles. The van der Waals surface area contributed by atoms with Gasteiger partial charge in [-0.25, -0.2) is 0 Å². The molecule has 64 valence electrons. The first kappa shape index (κ1) is 8.53. The molecule has 1 saturated carbocycles. The highest BCUT2D eigenvalue weighted by Gasteiger charge is 2.31. The van der Waals surface area contributed by atoms with E-state index >= 15 is 0 Å². The molecular formula is C8H15NO2. The summed E-state index contributed by atoms with van der Waals surface area (Å²) in [6.45, 7) is 2.88. The van der Waals surface area contributed by atoms with Gasteiger partial charge in [-0.1, -0.05) is 6.92 Å². The van der Waals surface area contributed by atoms with Crippen molar-refractivity contribution in [2.45, 2.75) is 32.2 Å². The molecule has 0 aromatic carbocycles. The normalized spacial score (nSPS) is 19.7. The molecule has 0 aliphatic heterocycles. The van der Waals surface area contributed by atoms with Crippen LogP contribution in [0, 0.1) is 5.92 Å². The summed E-state index contributed by atoms with van der Waals surface area (Å²) in [6, 6.07) is 0.220. The van der Waals surface area contributed by atoms with Crippen LogP contribution in [0.4, 0.5) is 0 Å². The van der Waals surface area contributed by atoms with Crippen molar-refractivity contribution in [3.05, 3.63) is 0 Å². The van der Waals surface area contributed by atoms with Crippen LogP contribution in [-0.4, -0.2) is 23.7 Å². The van der Waals surface area contributed by atoms with Crippen molar-refractivity contribution < 1.29 is 9.90 Å². The Hall–Kier alpha value is -0.570. The van der Waals surface area contributed by atoms with Crippen molar-refractivity contribution in [2.75, 3.05) is 6.54 Å². The van der Waals surface area contributed by atoms with Gasteiger partial charge >= 0.3 is 5.97 Å². The number of carboxylic acid groups (broad SMARTS) is 1. The minimum absolute atomic E-state index is 0.220. The predicted octanol–water partition coefficient (Wildman–Crippen LogP) is 0.849. The highest BCUT2D eigenvalue weighted by atomic mass is 16.4. The molecule has 1 unspecified atom stereocenters. The quantitative estimate of drug-likeness (QED) is 0.622. The van der Waals surface area contributed by atoms with Crippen LogP contribution in [-0.2, 0) is 4.79 Å². The maximum Gasteiger partial charge on any atom is 0.304 e. The summed E-state index contributed by atoms with van der Waals surface area (Å²) in [6.07, 6.45) is 2.68. The molecular weight excluding hydrogens is 142 g/mol. The summed E-state index contributed by atoms with van der Waals surface area (Å²) < 4.78 is 0. The minimum atomic E-state index is -0.692. The highest BCUT2D eigenvalue weighted by molar-refractivity contribution is 5.67. The minimum Gasteiger partial charge on any atom is -0.481 e. The Labute approximate surface area is 66.8 Å². The zero-order chi connectivity index (χ0) is 8.27. The van der Waals surface area contributed by atoms with Gasteiger partial charge in [0.2, 0.25) is 0 Å². The van der Waals surface area contributed by atoms with E-state index in [0.29, 0.717) is 5.92 Å². The molecule has 1 rings (SSSR count). The van der Waals surface area contributed by atoms with Crippen LogP contribution in [0.3, 0.4) is 0 Å². The van der Waals surface area contributed by atoms with Gasteiger partial charge in [-0.05, 0) is 25.3 Å². The van der Waals surface area contributed by atoms with Gasteiger partial charge in [0.05, 0.1) is 6.42 Å². The molecule has 1 aliphatic carbocycles. The zero-order valence-electron chi connectivity index (χ0n) is 6.84. The Balaban J connectivity index is 2.26. The van der Waals surface area contributed by atoms with Gasteiger partial charge in [-0.15, -0.1) is 0 Å². The predicted molar refractivity (Wildman–Crippen MR) is 42.4 cm³/mol. The number of carbonyl (C=O) groups is 1. The van der Waals surface area contributed by atoms with Gasteiger partial charge in [0.15, 0.2) is 0 Å². The first-order chi connectivity index (χ1) is 5.24. The number of rotatable bonds is 5. The zero-order valence-corrected chi connectivity index (χ0v) is 6.84. The van der Waals surface area contributed by atoms with Gasteiger partial charge in [0, 0.05) is 6.04 Å². The van der Waals surface area contributed by atoms with Crippen molar-refractivity contribution >= 4 is 5.97 Å². The number of carboxylic acids is 1. The number of hydrogen-bond donors (Lipinski definition) is 2. The third-order valence-corrected chi connectivity index (χ3v) is 2.05. The van der Waals surface area contributed by atoms with E-state index in [-0.39, 0.29) is 12.5 Å². The van der Waals surface area contributed by atoms with E-state index in [9.17, 15) is 4.79 Å². The van der Waals surface area contributed by atoms with E-state index in [0.717, 1.165) is 6.54 Å². The summed E-state index contributed by atoms with van der Waals surface area (Å²) in [5.41, 5.74) is 0. The molecule has 0 aromatic heterocycles. The molecule has 0 spiro atoms.